The number of nitrogens with zero attached hydrogens (tertiary/aromatic N) is 1. The fourth-order valence-electron chi connectivity index (χ4n) is 2.48. The van der Waals surface area contributed by atoms with E-state index >= 15 is 0 Å². The summed E-state index contributed by atoms with van der Waals surface area (Å²) in [6.07, 6.45) is 0. The van der Waals surface area contributed by atoms with E-state index in [2.05, 4.69) is 21.4 Å². The third-order valence-corrected chi connectivity index (χ3v) is 3.93. The molecule has 0 fully saturated rings. The Morgan fingerprint density at radius 1 is 0.643 bits per heavy atom. The largest absolute Gasteiger partial charge is 0.287 e. The Balaban J connectivity index is 1.66. The lowest BCUT2D eigenvalue weighted by Gasteiger charge is -2.10. The van der Waals surface area contributed by atoms with Gasteiger partial charge < -0.3 is 0 Å². The molecule has 0 radical (unpaired) electrons. The van der Waals surface area contributed by atoms with Crippen LogP contribution in [-0.4, -0.2) is 24.1 Å². The zero-order chi connectivity index (χ0) is 19.6. The maximum absolute atomic E-state index is 12.2. The molecule has 28 heavy (non-hydrogen) atoms. The van der Waals surface area contributed by atoms with Gasteiger partial charge in [0.1, 0.15) is 0 Å². The van der Waals surface area contributed by atoms with Crippen molar-refractivity contribution in [1.82, 2.24) is 16.3 Å². The van der Waals surface area contributed by atoms with E-state index in [0.29, 0.717) is 16.8 Å². The van der Waals surface area contributed by atoms with Crippen LogP contribution >= 0.6 is 0 Å². The summed E-state index contributed by atoms with van der Waals surface area (Å²) in [7, 11) is 0. The summed E-state index contributed by atoms with van der Waals surface area (Å²) in [5, 5.41) is 4.24. The fraction of sp³-hybridized carbons (Fsp3) is 0.0455. The van der Waals surface area contributed by atoms with Crippen LogP contribution in [-0.2, 0) is 0 Å². The summed E-state index contributed by atoms with van der Waals surface area (Å²) >= 11 is 0. The minimum Gasteiger partial charge on any atom is -0.287 e. The van der Waals surface area contributed by atoms with E-state index in [0.717, 1.165) is 5.56 Å². The van der Waals surface area contributed by atoms with Crippen molar-refractivity contribution in [2.75, 3.05) is 6.54 Å². The van der Waals surface area contributed by atoms with Crippen LogP contribution in [0.1, 0.15) is 26.3 Å². The molecule has 0 saturated heterocycles. The molecule has 0 aliphatic carbocycles. The first-order valence-electron chi connectivity index (χ1n) is 8.79. The first-order chi connectivity index (χ1) is 13.7. The molecular weight excluding hydrogens is 352 g/mol. The highest BCUT2D eigenvalue weighted by Gasteiger charge is 2.08. The lowest BCUT2D eigenvalue weighted by molar-refractivity contribution is 0.0931. The van der Waals surface area contributed by atoms with Gasteiger partial charge in [0.05, 0.1) is 12.3 Å². The summed E-state index contributed by atoms with van der Waals surface area (Å²) in [6.45, 7) is 0.234. The highest BCUT2D eigenvalue weighted by molar-refractivity contribution is 6.03. The van der Waals surface area contributed by atoms with Gasteiger partial charge in [-0.2, -0.15) is 5.10 Å². The van der Waals surface area contributed by atoms with Crippen LogP contribution in [0.4, 0.5) is 0 Å². The molecule has 2 amide bonds. The van der Waals surface area contributed by atoms with E-state index in [9.17, 15) is 9.59 Å². The van der Waals surface area contributed by atoms with Gasteiger partial charge in [-0.25, -0.2) is 10.9 Å². The van der Waals surface area contributed by atoms with Crippen molar-refractivity contribution in [3.8, 4) is 0 Å². The van der Waals surface area contributed by atoms with Crippen LogP contribution in [0, 0.1) is 0 Å². The van der Waals surface area contributed by atoms with E-state index in [1.165, 1.54) is 0 Å². The van der Waals surface area contributed by atoms with Gasteiger partial charge in [-0.3, -0.25) is 15.0 Å². The van der Waals surface area contributed by atoms with Gasteiger partial charge in [0.25, 0.3) is 11.8 Å². The molecule has 0 aliphatic heterocycles. The van der Waals surface area contributed by atoms with Gasteiger partial charge in [0.15, 0.2) is 0 Å². The molecule has 0 bridgehead atoms. The van der Waals surface area contributed by atoms with Crippen molar-refractivity contribution in [2.45, 2.75) is 0 Å². The molecule has 0 aromatic heterocycles. The Kier molecular flexibility index (Phi) is 6.65. The van der Waals surface area contributed by atoms with Crippen molar-refractivity contribution < 1.29 is 9.59 Å². The molecule has 0 spiro atoms. The van der Waals surface area contributed by atoms with E-state index < -0.39 is 0 Å². The van der Waals surface area contributed by atoms with Gasteiger partial charge in [-0.15, -0.1) is 0 Å². The Hall–Kier alpha value is -3.77. The second-order valence-corrected chi connectivity index (χ2v) is 5.91. The normalized spacial score (nSPS) is 10.9. The first kappa shape index (κ1) is 19.0. The predicted octanol–water partition coefficient (Wildman–Crippen LogP) is 2.76. The SMILES string of the molecule is O=C(N/N=C(\CNNC(=O)c1ccccc1)c1ccccc1)c1ccccc1. The number of rotatable bonds is 7. The second kappa shape index (κ2) is 9.80. The molecule has 3 aromatic rings. The van der Waals surface area contributed by atoms with Crippen molar-refractivity contribution in [3.63, 3.8) is 0 Å². The van der Waals surface area contributed by atoms with Crippen LogP contribution in [0.25, 0.3) is 0 Å². The van der Waals surface area contributed by atoms with Crippen molar-refractivity contribution in [1.29, 1.82) is 0 Å². The quantitative estimate of drug-likeness (QED) is 0.441. The molecule has 0 atom stereocenters. The molecule has 6 nitrogen and oxygen atoms in total. The number of carbonyl (C=O) groups excluding carboxylic acids is 2. The average molecular weight is 372 g/mol. The van der Waals surface area contributed by atoms with Crippen LogP contribution in [0.2, 0.25) is 0 Å². The third-order valence-electron chi connectivity index (χ3n) is 3.93. The summed E-state index contributed by atoms with van der Waals surface area (Å²) < 4.78 is 0. The molecule has 3 N–H and O–H groups in total. The summed E-state index contributed by atoms with van der Waals surface area (Å²) in [6, 6.07) is 27.2. The minimum atomic E-state index is -0.303. The number of hydrogen-bond acceptors (Lipinski definition) is 4. The molecule has 6 heteroatoms. The zero-order valence-corrected chi connectivity index (χ0v) is 15.1. The maximum atomic E-state index is 12.2. The summed E-state index contributed by atoms with van der Waals surface area (Å²) in [5.41, 5.74) is 10.5. The molecular formula is C22H20N4O2. The van der Waals surface area contributed by atoms with Gasteiger partial charge in [-0.1, -0.05) is 66.7 Å². The second-order valence-electron chi connectivity index (χ2n) is 5.91. The lowest BCUT2D eigenvalue weighted by Crippen LogP contribution is -2.41. The third kappa shape index (κ3) is 5.36. The van der Waals surface area contributed by atoms with E-state index in [-0.39, 0.29) is 18.4 Å². The Labute approximate surface area is 163 Å². The minimum absolute atomic E-state index is 0.234. The Morgan fingerprint density at radius 2 is 1.11 bits per heavy atom. The molecule has 3 rings (SSSR count). The molecule has 3 aromatic carbocycles. The van der Waals surface area contributed by atoms with Gasteiger partial charge in [0, 0.05) is 11.1 Å². The topological polar surface area (TPSA) is 82.6 Å². The van der Waals surface area contributed by atoms with Crippen molar-refractivity contribution in [2.24, 2.45) is 5.10 Å². The molecule has 0 heterocycles. The van der Waals surface area contributed by atoms with Crippen LogP contribution in [0.3, 0.4) is 0 Å². The van der Waals surface area contributed by atoms with Crippen LogP contribution in [0.15, 0.2) is 96.1 Å². The number of carbonyl (C=O) groups is 2. The van der Waals surface area contributed by atoms with E-state index in [1.54, 1.807) is 48.5 Å². The number of amides is 2. The van der Waals surface area contributed by atoms with Gasteiger partial charge >= 0.3 is 0 Å². The monoisotopic (exact) mass is 372 g/mol. The highest BCUT2D eigenvalue weighted by atomic mass is 16.2. The number of hydrazone groups is 1. The number of hydrogen-bond donors (Lipinski definition) is 3. The number of nitrogens with one attached hydrogen (secondary N) is 3. The smallest absolute Gasteiger partial charge is 0.271 e. The summed E-state index contributed by atoms with van der Waals surface area (Å²) in [4.78, 5) is 24.4. The number of benzene rings is 3. The fourth-order valence-corrected chi connectivity index (χ4v) is 2.48. The first-order valence-corrected chi connectivity index (χ1v) is 8.79. The summed E-state index contributed by atoms with van der Waals surface area (Å²) in [5.74, 6) is -0.552. The van der Waals surface area contributed by atoms with E-state index in [1.807, 2.05) is 42.5 Å². The molecule has 0 saturated carbocycles. The molecule has 0 unspecified atom stereocenters. The predicted molar refractivity (Wildman–Crippen MR) is 109 cm³/mol. The van der Waals surface area contributed by atoms with Crippen molar-refractivity contribution in [3.05, 3.63) is 108 Å². The van der Waals surface area contributed by atoms with Crippen molar-refractivity contribution >= 4 is 17.5 Å². The Bertz CT molecular complexity index is 942. The average Bonchev–Trinajstić information content (AvgIpc) is 2.77. The maximum Gasteiger partial charge on any atom is 0.271 e. The van der Waals surface area contributed by atoms with Crippen LogP contribution < -0.4 is 16.3 Å². The Morgan fingerprint density at radius 3 is 1.64 bits per heavy atom. The standard InChI is InChI=1S/C22H20N4O2/c27-21(18-12-6-2-7-13-18)25-23-16-20(17-10-4-1-5-11-17)24-26-22(28)19-14-8-3-9-15-19/h1-15,23H,16H2,(H,25,27)(H,26,28)/b24-20+. The van der Waals surface area contributed by atoms with E-state index in [4.69, 9.17) is 0 Å². The van der Waals surface area contributed by atoms with Crippen LogP contribution in [0.5, 0.6) is 0 Å². The van der Waals surface area contributed by atoms with Gasteiger partial charge in [-0.05, 0) is 29.8 Å². The number of hydrazine groups is 1. The van der Waals surface area contributed by atoms with Gasteiger partial charge in [0.2, 0.25) is 0 Å². The zero-order valence-electron chi connectivity index (χ0n) is 15.1. The molecule has 140 valence electrons. The highest BCUT2D eigenvalue weighted by Crippen LogP contribution is 2.02. The molecule has 0 aliphatic rings. The lowest BCUT2D eigenvalue weighted by atomic mass is 10.1.